The smallest absolute Gasteiger partial charge is 0.422 e. The lowest BCUT2D eigenvalue weighted by atomic mass is 9.62. The van der Waals surface area contributed by atoms with Crippen molar-refractivity contribution in [2.45, 2.75) is 256 Å². The van der Waals surface area contributed by atoms with Gasteiger partial charge >= 0.3 is 6.18 Å². The number of ether oxygens (including phenoxy) is 9. The lowest BCUT2D eigenvalue weighted by Crippen LogP contribution is -2.50. The average Bonchev–Trinajstić information content (AvgIpc) is 0.712. The predicted octanol–water partition coefficient (Wildman–Crippen LogP) is 23.6. The summed E-state index contributed by atoms with van der Waals surface area (Å²) >= 11 is 6.10. The van der Waals surface area contributed by atoms with Crippen LogP contribution in [0.1, 0.15) is 206 Å². The van der Waals surface area contributed by atoms with Crippen molar-refractivity contribution in [3.63, 3.8) is 0 Å². The van der Waals surface area contributed by atoms with Gasteiger partial charge in [-0.15, -0.1) is 19.7 Å². The minimum absolute atomic E-state index is 0.00625. The third-order valence-electron chi connectivity index (χ3n) is 29.3. The number of piperidine rings is 1. The molecule has 8 aliphatic rings. The van der Waals surface area contributed by atoms with E-state index >= 15 is 0 Å². The van der Waals surface area contributed by atoms with Crippen LogP contribution < -0.4 is 40.4 Å². The Morgan fingerprint density at radius 1 is 0.430 bits per heavy atom. The Morgan fingerprint density at radius 2 is 0.866 bits per heavy atom. The van der Waals surface area contributed by atoms with E-state index in [-0.39, 0.29) is 50.1 Å². The lowest BCUT2D eigenvalue weighted by molar-refractivity contribution is -0.154. The maximum Gasteiger partial charge on any atom is 0.422 e. The van der Waals surface area contributed by atoms with Crippen LogP contribution in [0.4, 0.5) is 13.2 Å². The van der Waals surface area contributed by atoms with Crippen molar-refractivity contribution in [1.82, 2.24) is 53.5 Å². The molecule has 1 saturated heterocycles. The summed E-state index contributed by atoms with van der Waals surface area (Å²) in [5.41, 5.74) is 20.3. The second-order valence-electron chi connectivity index (χ2n) is 40.3. The molecular weight excluding hydrogens is 1960 g/mol. The van der Waals surface area contributed by atoms with Gasteiger partial charge in [-0.2, -0.15) is 28.1 Å². The van der Waals surface area contributed by atoms with Crippen molar-refractivity contribution in [3.8, 4) is 85.6 Å². The first kappa shape index (κ1) is 112. The Kier molecular flexibility index (Phi) is 38.6. The first-order valence-corrected chi connectivity index (χ1v) is 56.1. The highest BCUT2D eigenvalue weighted by Gasteiger charge is 2.49. The van der Waals surface area contributed by atoms with E-state index in [0.717, 1.165) is 178 Å². The van der Waals surface area contributed by atoms with Gasteiger partial charge in [-0.3, -0.25) is 32.9 Å². The molecule has 5 aromatic heterocycles. The number of benzene rings is 6. The number of alkyl halides is 3. The molecule has 6 aromatic carbocycles. The molecule has 6 heterocycles. The van der Waals surface area contributed by atoms with Crippen LogP contribution in [0, 0.1) is 0 Å². The first-order chi connectivity index (χ1) is 72.1. The topological polar surface area (TPSA) is 260 Å². The van der Waals surface area contributed by atoms with Crippen LogP contribution in [0.2, 0.25) is 0 Å². The second kappa shape index (κ2) is 51.3. The average molecular weight is 2110 g/mol. The summed E-state index contributed by atoms with van der Waals surface area (Å²) in [7, 11) is 8.29. The fourth-order valence-electron chi connectivity index (χ4n) is 22.4. The van der Waals surface area contributed by atoms with E-state index in [2.05, 4.69) is 141 Å². The summed E-state index contributed by atoms with van der Waals surface area (Å²) < 4.78 is 92.2. The molecule has 19 rings (SSSR count). The molecule has 149 heavy (non-hydrogen) atoms. The summed E-state index contributed by atoms with van der Waals surface area (Å²) in [6.45, 7) is 31.0. The van der Waals surface area contributed by atoms with Gasteiger partial charge in [-0.05, 0) is 147 Å². The molecule has 0 unspecified atom stereocenters. The minimum Gasteiger partial charge on any atom is -0.497 e. The number of fused-ring (bicyclic) bond motifs is 18. The van der Waals surface area contributed by atoms with E-state index in [1.54, 1.807) is 98.2 Å². The van der Waals surface area contributed by atoms with Crippen LogP contribution in [-0.4, -0.2) is 184 Å². The van der Waals surface area contributed by atoms with Crippen molar-refractivity contribution in [1.29, 1.82) is 0 Å². The van der Waals surface area contributed by atoms with E-state index in [1.807, 2.05) is 85.7 Å². The maximum atomic E-state index is 14.1. The number of halogens is 3. The van der Waals surface area contributed by atoms with Crippen molar-refractivity contribution in [2.24, 2.45) is 0 Å². The van der Waals surface area contributed by atoms with Gasteiger partial charge in [0.15, 0.2) is 27.2 Å². The van der Waals surface area contributed by atoms with Crippen LogP contribution in [0.15, 0.2) is 213 Å². The van der Waals surface area contributed by atoms with Gasteiger partial charge in [0.2, 0.25) is 17.7 Å². The zero-order chi connectivity index (χ0) is 106. The first-order valence-electron chi connectivity index (χ1n) is 52.2. The van der Waals surface area contributed by atoms with Gasteiger partial charge in [-0.25, -0.2) is 19.9 Å². The summed E-state index contributed by atoms with van der Waals surface area (Å²) in [5.74, 6) is 5.33. The Balaban J connectivity index is 0.000000140. The molecule has 792 valence electrons. The number of allylic oxidation sites excluding steroid dienone is 3. The summed E-state index contributed by atoms with van der Waals surface area (Å²) in [6.07, 6.45) is 20.7. The number of thioether (sulfide) groups is 4. The van der Waals surface area contributed by atoms with Crippen molar-refractivity contribution >= 4 is 53.0 Å². The zero-order valence-electron chi connectivity index (χ0n) is 88.3. The standard InChI is InChI=1S/C28H30N2O2S.C27H35N3O3S.C22H30N2O4S.C22H26N2O2.C19H21F3N2O2S/c1-3-16-30-26(31)24-25(29-27(30)33-19-20-10-9-12-22(17-20)32-2)23-13-6-5-11-21(23)18-28(24)14-7-4-8-15-28;1-4-6-11-22(31)29-15-12-27(13-16-29)19-20-9-7-8-10-21(20)24-23(27)25(32)30(14-5-2)26(28-24)34-18-17-33-3;1-22(2)15-16-7-5-6-8-17(16)19-18(22)20(28-12-11-27-10-9-25-3)24-21(23-19)29-14-13-26-4;1-3-14-24-20(25)18-19(23-21(24)26-4-2)17-11-7-6-10-16(17)15-22(18)12-8-5-9-13-22;1-5-27-17-23-15-13-8-12(25-4)7-6-11(13)9-18(2,3)14(15)16(24-17)26-10-19(20,21)22/h3,5-6,9-13,17H,1,4,7-8,14-16,18-19H2,2H3;5,7-10H,2,4,6,11-19H2,1,3H3;5-8H,9-15H2,1-4H3;3,6-7,10-11H,1,4-5,8-9,12-15H2,2H3;6-8H,5,9-10H2,1-4H3. The van der Waals surface area contributed by atoms with Crippen LogP contribution in [0.5, 0.6) is 29.3 Å². The molecule has 1 aliphatic heterocycles. The summed E-state index contributed by atoms with van der Waals surface area (Å²) in [4.78, 5) is 90.1. The number of amides is 1. The fraction of sp³-hybridized carbons (Fsp3) is 0.466. The predicted molar refractivity (Wildman–Crippen MR) is 590 cm³/mol. The van der Waals surface area contributed by atoms with Crippen LogP contribution >= 0.6 is 47.0 Å². The molecule has 0 N–H and O–H groups in total. The molecule has 0 atom stereocenters. The number of unbranched alkanes of at least 4 members (excludes halogenated alkanes) is 1. The number of carbonyl (C=O) groups is 1. The van der Waals surface area contributed by atoms with E-state index in [9.17, 15) is 32.3 Å². The third-order valence-corrected chi connectivity index (χ3v) is 32.8. The number of carbonyl (C=O) groups excluding carboxylic acids is 1. The molecule has 0 radical (unpaired) electrons. The van der Waals surface area contributed by atoms with Crippen molar-refractivity contribution in [3.05, 3.63) is 270 Å². The largest absolute Gasteiger partial charge is 0.497 e. The highest BCUT2D eigenvalue weighted by Crippen LogP contribution is 2.55. The zero-order valence-corrected chi connectivity index (χ0v) is 91.6. The molecule has 1 amide bonds. The molecular formula is C118H142F3N11O13S4. The Hall–Kier alpha value is -11.2. The Bertz CT molecular complexity index is 6750. The normalized spacial score (nSPS) is 15.8. The molecule has 0 bridgehead atoms. The number of methoxy groups -OCH3 is 5. The lowest BCUT2D eigenvalue weighted by Gasteiger charge is -2.45. The van der Waals surface area contributed by atoms with Crippen LogP contribution in [-0.2, 0) is 108 Å². The fourth-order valence-corrected chi connectivity index (χ4v) is 25.5. The molecule has 2 saturated carbocycles. The molecule has 24 nitrogen and oxygen atoms in total. The van der Waals surface area contributed by atoms with Gasteiger partial charge in [0.1, 0.15) is 18.1 Å². The van der Waals surface area contributed by atoms with Gasteiger partial charge in [-0.1, -0.05) is 267 Å². The Labute approximate surface area is 891 Å². The van der Waals surface area contributed by atoms with Gasteiger partial charge in [0, 0.05) is 144 Å². The summed E-state index contributed by atoms with van der Waals surface area (Å²) in [5, 5.41) is 2.58. The molecule has 7 aliphatic carbocycles. The maximum absolute atomic E-state index is 14.1. The molecule has 3 spiro atoms. The third kappa shape index (κ3) is 25.7. The van der Waals surface area contributed by atoms with Gasteiger partial charge in [0.05, 0.1) is 99.0 Å². The quantitative estimate of drug-likeness (QED) is 0.0155. The number of aromatic nitrogens is 10. The van der Waals surface area contributed by atoms with E-state index in [4.69, 9.17) is 67.6 Å². The number of hydrogen-bond donors (Lipinski definition) is 0. The number of nitrogens with zero attached hydrogens (tertiary/aromatic N) is 11. The minimum atomic E-state index is -4.43. The van der Waals surface area contributed by atoms with Crippen LogP contribution in [0.25, 0.3) is 56.3 Å². The number of likely N-dealkylation sites (tertiary alicyclic amines) is 1. The molecule has 11 aromatic rings. The van der Waals surface area contributed by atoms with E-state index < -0.39 is 18.2 Å². The SMILES string of the molecule is C=CCn1c(OCC)nc2c(c1=O)C1(CCCCC1)Cc1ccccc1-2.C=CCn1c(SCCOC)nc2c(c1=O)C1(CCN(C(=O)CCCC)CC1)Cc1ccccc1-2.C=CCn1c(SCc2cccc(OC)c2)nc2c(c1=O)C1(CCCCC1)Cc1ccccc1-2.CCSc1nc(OCC(F)(F)F)c2c(n1)-c1cc(OC)ccc1CC2(C)C.COCCOCCOc1nc(SCCOC)nc2c1C(C)(C)Cc1ccccc1-2. The van der Waals surface area contributed by atoms with Crippen LogP contribution in [0.3, 0.4) is 0 Å². The number of hydrogen-bond acceptors (Lipinski definition) is 24. The second-order valence-corrected chi connectivity index (χ2v) is 44.6. The van der Waals surface area contributed by atoms with E-state index in [1.165, 1.54) is 78.1 Å². The highest BCUT2D eigenvalue weighted by molar-refractivity contribution is 7.99. The van der Waals surface area contributed by atoms with Crippen molar-refractivity contribution < 1.29 is 60.6 Å². The molecule has 3 fully saturated rings. The Morgan fingerprint density at radius 3 is 1.36 bits per heavy atom. The van der Waals surface area contributed by atoms with E-state index in [0.29, 0.717) is 148 Å². The van der Waals surface area contributed by atoms with Gasteiger partial charge < -0.3 is 47.5 Å². The highest BCUT2D eigenvalue weighted by atomic mass is 32.2. The monoisotopic (exact) mass is 2110 g/mol. The van der Waals surface area contributed by atoms with Gasteiger partial charge in [0.25, 0.3) is 22.7 Å². The molecule has 31 heteroatoms. The summed E-state index contributed by atoms with van der Waals surface area (Å²) in [6, 6.07) is 47.9. The number of rotatable bonds is 35. The van der Waals surface area contributed by atoms with Crippen molar-refractivity contribution in [2.75, 3.05) is 119 Å².